The molecule has 4 rings (SSSR count). The fraction of sp³-hybridized carbons (Fsp3) is 0.867. The maximum absolute atomic E-state index is 6.21. The Kier molecular flexibility index (Phi) is 4.02. The molecule has 22 heavy (non-hydrogen) atoms. The fourth-order valence-corrected chi connectivity index (χ4v) is 4.19. The molecular formula is C15H26N6O. The van der Waals surface area contributed by atoms with Crippen molar-refractivity contribution in [3.63, 3.8) is 0 Å². The van der Waals surface area contributed by atoms with Crippen molar-refractivity contribution in [2.24, 2.45) is 0 Å². The number of nitrogens with one attached hydrogen (secondary N) is 2. The van der Waals surface area contributed by atoms with Gasteiger partial charge in [0, 0.05) is 38.8 Å². The largest absolute Gasteiger partial charge is 0.375 e. The van der Waals surface area contributed by atoms with E-state index in [1.54, 1.807) is 6.33 Å². The number of hydrogen-bond acceptors (Lipinski definition) is 6. The fourth-order valence-electron chi connectivity index (χ4n) is 4.19. The zero-order chi connectivity index (χ0) is 14.8. The van der Waals surface area contributed by atoms with E-state index in [1.807, 2.05) is 0 Å². The molecule has 2 N–H and O–H groups in total. The van der Waals surface area contributed by atoms with Gasteiger partial charge in [-0.1, -0.05) is 0 Å². The van der Waals surface area contributed by atoms with Crippen LogP contribution in [0.15, 0.2) is 6.33 Å². The summed E-state index contributed by atoms with van der Waals surface area (Å²) >= 11 is 0. The molecule has 0 saturated carbocycles. The number of nitrogens with zero attached hydrogens (tertiary/aromatic N) is 4. The first-order valence-electron chi connectivity index (χ1n) is 8.54. The van der Waals surface area contributed by atoms with Crippen molar-refractivity contribution in [3.05, 3.63) is 6.33 Å². The van der Waals surface area contributed by atoms with E-state index in [0.717, 1.165) is 51.8 Å². The van der Waals surface area contributed by atoms with E-state index in [-0.39, 0.29) is 5.60 Å². The Morgan fingerprint density at radius 2 is 2.00 bits per heavy atom. The Morgan fingerprint density at radius 3 is 2.73 bits per heavy atom. The van der Waals surface area contributed by atoms with Crippen molar-refractivity contribution >= 4 is 5.95 Å². The van der Waals surface area contributed by atoms with Gasteiger partial charge in [0.15, 0.2) is 0 Å². The molecule has 1 unspecified atom stereocenters. The molecule has 1 aromatic rings. The van der Waals surface area contributed by atoms with Gasteiger partial charge >= 0.3 is 0 Å². The van der Waals surface area contributed by atoms with E-state index in [9.17, 15) is 0 Å². The van der Waals surface area contributed by atoms with Crippen LogP contribution in [-0.4, -0.2) is 77.6 Å². The van der Waals surface area contributed by atoms with Crippen LogP contribution in [-0.2, 0) is 4.74 Å². The number of piperazine rings is 1. The Balaban J connectivity index is 1.35. The molecule has 1 spiro atoms. The zero-order valence-corrected chi connectivity index (χ0v) is 13.1. The molecule has 3 saturated heterocycles. The molecule has 0 bridgehead atoms. The number of rotatable bonds is 2. The summed E-state index contributed by atoms with van der Waals surface area (Å²) in [7, 11) is 0. The molecule has 7 heteroatoms. The van der Waals surface area contributed by atoms with Gasteiger partial charge in [-0.25, -0.2) is 5.10 Å². The quantitative estimate of drug-likeness (QED) is 0.815. The molecule has 0 amide bonds. The lowest BCUT2D eigenvalue weighted by Gasteiger charge is -2.48. The second kappa shape index (κ2) is 6.14. The van der Waals surface area contributed by atoms with Crippen LogP contribution in [0.3, 0.4) is 0 Å². The summed E-state index contributed by atoms with van der Waals surface area (Å²) in [4.78, 5) is 9.22. The first-order valence-corrected chi connectivity index (χ1v) is 8.54. The van der Waals surface area contributed by atoms with Gasteiger partial charge < -0.3 is 15.0 Å². The van der Waals surface area contributed by atoms with Gasteiger partial charge in [-0.15, -0.1) is 0 Å². The third-order valence-electron chi connectivity index (χ3n) is 5.51. The highest BCUT2D eigenvalue weighted by atomic mass is 16.5. The number of anilines is 1. The van der Waals surface area contributed by atoms with Crippen molar-refractivity contribution in [3.8, 4) is 0 Å². The lowest BCUT2D eigenvalue weighted by atomic mass is 9.82. The van der Waals surface area contributed by atoms with Crippen molar-refractivity contribution < 1.29 is 4.74 Å². The van der Waals surface area contributed by atoms with E-state index >= 15 is 0 Å². The summed E-state index contributed by atoms with van der Waals surface area (Å²) in [6, 6.07) is 0.684. The minimum atomic E-state index is 0.149. The Labute approximate surface area is 131 Å². The standard InChI is InChI=1S/C15H26N6O/c1-10-22-15(2-4-16-5-3-15)11-13(1)20-6-8-21(9-7-20)14-17-12-18-19-14/h12-13,16H,1-11H2,(H,17,18,19). The molecule has 3 aliphatic rings. The van der Waals surface area contributed by atoms with Crippen LogP contribution in [0.1, 0.15) is 25.7 Å². The summed E-state index contributed by atoms with van der Waals surface area (Å²) in [5.41, 5.74) is 0.149. The van der Waals surface area contributed by atoms with Crippen molar-refractivity contribution in [1.29, 1.82) is 0 Å². The minimum Gasteiger partial charge on any atom is -0.375 e. The van der Waals surface area contributed by atoms with Crippen LogP contribution >= 0.6 is 0 Å². The zero-order valence-electron chi connectivity index (χ0n) is 13.1. The molecule has 0 aromatic carbocycles. The molecule has 7 nitrogen and oxygen atoms in total. The van der Waals surface area contributed by atoms with Crippen molar-refractivity contribution in [2.45, 2.75) is 37.3 Å². The number of H-pyrrole nitrogens is 1. The number of piperidine rings is 1. The SMILES string of the molecule is c1n[nH]c(N2CCN(C3CCOC4(CCNCC4)C3)CC2)n1. The third-order valence-corrected chi connectivity index (χ3v) is 5.51. The van der Waals surface area contributed by atoms with E-state index in [1.165, 1.54) is 25.7 Å². The summed E-state index contributed by atoms with van der Waals surface area (Å²) in [6.45, 7) is 7.41. The monoisotopic (exact) mass is 306 g/mol. The number of aromatic amines is 1. The minimum absolute atomic E-state index is 0.149. The molecule has 0 radical (unpaired) electrons. The maximum atomic E-state index is 6.21. The van der Waals surface area contributed by atoms with Gasteiger partial charge in [0.1, 0.15) is 6.33 Å². The van der Waals surface area contributed by atoms with Crippen LogP contribution < -0.4 is 10.2 Å². The maximum Gasteiger partial charge on any atom is 0.221 e. The number of aromatic nitrogens is 3. The van der Waals surface area contributed by atoms with Gasteiger partial charge in [-0.05, 0) is 38.8 Å². The predicted molar refractivity (Wildman–Crippen MR) is 84.0 cm³/mol. The van der Waals surface area contributed by atoms with Crippen molar-refractivity contribution in [2.75, 3.05) is 50.8 Å². The second-order valence-electron chi connectivity index (χ2n) is 6.76. The van der Waals surface area contributed by atoms with Gasteiger partial charge in [0.05, 0.1) is 5.60 Å². The summed E-state index contributed by atoms with van der Waals surface area (Å²) < 4.78 is 6.21. The number of ether oxygens (including phenoxy) is 1. The van der Waals surface area contributed by atoms with Gasteiger partial charge in [-0.2, -0.15) is 10.1 Å². The second-order valence-corrected chi connectivity index (χ2v) is 6.76. The normalized spacial score (nSPS) is 29.8. The summed E-state index contributed by atoms with van der Waals surface area (Å²) in [5, 5.41) is 10.4. The average molecular weight is 306 g/mol. The van der Waals surface area contributed by atoms with Crippen LogP contribution in [0.2, 0.25) is 0 Å². The van der Waals surface area contributed by atoms with Gasteiger partial charge in [0.25, 0.3) is 0 Å². The van der Waals surface area contributed by atoms with Crippen LogP contribution in [0.25, 0.3) is 0 Å². The average Bonchev–Trinajstić information content (AvgIpc) is 3.10. The van der Waals surface area contributed by atoms with E-state index in [0.29, 0.717) is 6.04 Å². The van der Waals surface area contributed by atoms with Gasteiger partial charge in [0.2, 0.25) is 5.95 Å². The van der Waals surface area contributed by atoms with Crippen LogP contribution in [0, 0.1) is 0 Å². The number of hydrogen-bond donors (Lipinski definition) is 2. The summed E-state index contributed by atoms with van der Waals surface area (Å²) in [5.74, 6) is 0.904. The van der Waals surface area contributed by atoms with E-state index in [2.05, 4.69) is 30.3 Å². The first-order chi connectivity index (χ1) is 10.8. The summed E-state index contributed by atoms with van der Waals surface area (Å²) in [6.07, 6.45) is 6.30. The first kappa shape index (κ1) is 14.4. The Bertz CT molecular complexity index is 459. The lowest BCUT2D eigenvalue weighted by molar-refractivity contribution is -0.121. The van der Waals surface area contributed by atoms with Crippen LogP contribution in [0.4, 0.5) is 5.95 Å². The van der Waals surface area contributed by atoms with Gasteiger partial charge in [-0.3, -0.25) is 4.90 Å². The van der Waals surface area contributed by atoms with E-state index in [4.69, 9.17) is 4.74 Å². The third kappa shape index (κ3) is 2.85. The molecule has 1 atom stereocenters. The smallest absolute Gasteiger partial charge is 0.221 e. The van der Waals surface area contributed by atoms with Crippen molar-refractivity contribution in [1.82, 2.24) is 25.4 Å². The highest BCUT2D eigenvalue weighted by molar-refractivity contribution is 5.28. The molecule has 3 fully saturated rings. The molecule has 4 heterocycles. The molecular weight excluding hydrogens is 280 g/mol. The highest BCUT2D eigenvalue weighted by Crippen LogP contribution is 2.35. The molecule has 122 valence electrons. The van der Waals surface area contributed by atoms with E-state index < -0.39 is 0 Å². The predicted octanol–water partition coefficient (Wildman–Crippen LogP) is 0.228. The topological polar surface area (TPSA) is 69.3 Å². The Hall–Kier alpha value is -1.18. The molecule has 3 aliphatic heterocycles. The highest BCUT2D eigenvalue weighted by Gasteiger charge is 2.40. The molecule has 0 aliphatic carbocycles. The van der Waals surface area contributed by atoms with Crippen LogP contribution in [0.5, 0.6) is 0 Å². The lowest BCUT2D eigenvalue weighted by Crippen LogP contribution is -2.57. The Morgan fingerprint density at radius 1 is 1.18 bits per heavy atom. The molecule has 1 aromatic heterocycles.